The minimum atomic E-state index is -0.399. The minimum absolute atomic E-state index is 0.333. The van der Waals surface area contributed by atoms with Gasteiger partial charge in [-0.1, -0.05) is 0 Å². The Morgan fingerprint density at radius 2 is 1.71 bits per heavy atom. The van der Waals surface area contributed by atoms with E-state index < -0.39 is 7.12 Å². The Kier molecular flexibility index (Phi) is 3.83. The molecule has 1 aromatic heterocycles. The lowest BCUT2D eigenvalue weighted by atomic mass is 9.84. The first-order valence-electron chi connectivity index (χ1n) is 7.56. The average Bonchev–Trinajstić information content (AvgIpc) is 2.97. The van der Waals surface area contributed by atoms with Gasteiger partial charge < -0.3 is 14.2 Å². The Morgan fingerprint density at radius 3 is 2.29 bits per heavy atom. The Bertz CT molecular complexity index is 528. The second-order valence-electron chi connectivity index (χ2n) is 6.84. The largest absolute Gasteiger partial charge is 0.514 e. The molecule has 0 aromatic carbocycles. The van der Waals surface area contributed by atoms with Gasteiger partial charge in [-0.3, -0.25) is 4.98 Å². The summed E-state index contributed by atoms with van der Waals surface area (Å²) in [5, 5.41) is 0. The molecule has 3 heterocycles. The summed E-state index contributed by atoms with van der Waals surface area (Å²) in [4.78, 5) is 6.89. The van der Waals surface area contributed by atoms with Crippen LogP contribution in [-0.4, -0.2) is 36.4 Å². The summed E-state index contributed by atoms with van der Waals surface area (Å²) in [6.45, 7) is 10.5. The van der Waals surface area contributed by atoms with E-state index in [0.717, 1.165) is 23.2 Å². The summed E-state index contributed by atoms with van der Waals surface area (Å²) in [5.74, 6) is 0. The van der Waals surface area contributed by atoms with E-state index in [-0.39, 0.29) is 11.2 Å². The average molecular weight is 353 g/mol. The third kappa shape index (κ3) is 2.73. The van der Waals surface area contributed by atoms with Crippen LogP contribution in [0.5, 0.6) is 0 Å². The molecule has 0 amide bonds. The molecule has 0 atom stereocenters. The number of pyridine rings is 1. The molecule has 6 heteroatoms. The lowest BCUT2D eigenvalue weighted by Crippen LogP contribution is -2.41. The van der Waals surface area contributed by atoms with Crippen molar-refractivity contribution in [1.29, 1.82) is 0 Å². The fourth-order valence-electron chi connectivity index (χ4n) is 2.74. The molecule has 2 aliphatic rings. The first-order valence-corrected chi connectivity index (χ1v) is 8.35. The normalized spacial score (nSPS) is 23.9. The maximum Gasteiger partial charge on any atom is 0.514 e. The minimum Gasteiger partial charge on any atom is -0.398 e. The quantitative estimate of drug-likeness (QED) is 0.766. The third-order valence-electron chi connectivity index (χ3n) is 4.80. The van der Waals surface area contributed by atoms with Crippen LogP contribution >= 0.6 is 15.9 Å². The Balaban J connectivity index is 1.88. The first kappa shape index (κ1) is 15.3. The number of nitrogens with zero attached hydrogens (tertiary/aromatic N) is 2. The number of aromatic nitrogens is 1. The van der Waals surface area contributed by atoms with Crippen LogP contribution in [0.15, 0.2) is 16.7 Å². The van der Waals surface area contributed by atoms with E-state index >= 15 is 0 Å². The van der Waals surface area contributed by atoms with Gasteiger partial charge in [0.15, 0.2) is 0 Å². The lowest BCUT2D eigenvalue weighted by molar-refractivity contribution is 0.00578. The fraction of sp³-hybridized carbons (Fsp3) is 0.667. The standard InChI is InChI=1S/C15H22BBrN2O2/c1-14(2)15(3,4)21-16(20-14)13-9-12(11(17)10-18-13)19-7-5-6-8-19/h9-10H,5-8H2,1-4H3. The predicted molar refractivity (Wildman–Crippen MR) is 89.1 cm³/mol. The van der Waals surface area contributed by atoms with Crippen molar-refractivity contribution in [3.8, 4) is 0 Å². The highest BCUT2D eigenvalue weighted by Gasteiger charge is 2.52. The Hall–Kier alpha value is -0.585. The molecule has 1 aromatic rings. The molecule has 0 radical (unpaired) electrons. The second-order valence-corrected chi connectivity index (χ2v) is 7.70. The second kappa shape index (κ2) is 5.25. The molecule has 114 valence electrons. The number of hydrogen-bond acceptors (Lipinski definition) is 4. The molecular weight excluding hydrogens is 331 g/mol. The van der Waals surface area contributed by atoms with Crippen LogP contribution in [0.1, 0.15) is 40.5 Å². The topological polar surface area (TPSA) is 34.6 Å². The molecular formula is C15H22BBrN2O2. The van der Waals surface area contributed by atoms with Crippen LogP contribution in [0.4, 0.5) is 5.69 Å². The van der Waals surface area contributed by atoms with Crippen LogP contribution in [0.25, 0.3) is 0 Å². The maximum atomic E-state index is 6.09. The van der Waals surface area contributed by atoms with E-state index in [0.29, 0.717) is 0 Å². The van der Waals surface area contributed by atoms with Crippen molar-refractivity contribution in [3.63, 3.8) is 0 Å². The smallest absolute Gasteiger partial charge is 0.398 e. The number of hydrogen-bond donors (Lipinski definition) is 0. The summed E-state index contributed by atoms with van der Waals surface area (Å²) in [7, 11) is -0.399. The molecule has 0 unspecified atom stereocenters. The zero-order chi connectivity index (χ0) is 15.3. The molecule has 21 heavy (non-hydrogen) atoms. The maximum absolute atomic E-state index is 6.09. The lowest BCUT2D eigenvalue weighted by Gasteiger charge is -2.32. The molecule has 0 saturated carbocycles. The van der Waals surface area contributed by atoms with Gasteiger partial charge in [-0.25, -0.2) is 0 Å². The third-order valence-corrected chi connectivity index (χ3v) is 5.41. The Labute approximate surface area is 135 Å². The molecule has 2 aliphatic heterocycles. The highest BCUT2D eigenvalue weighted by Crippen LogP contribution is 2.37. The highest BCUT2D eigenvalue weighted by molar-refractivity contribution is 9.10. The van der Waals surface area contributed by atoms with Crippen molar-refractivity contribution in [2.75, 3.05) is 18.0 Å². The molecule has 3 rings (SSSR count). The van der Waals surface area contributed by atoms with E-state index in [4.69, 9.17) is 9.31 Å². The van der Waals surface area contributed by atoms with Crippen LogP contribution in [0.3, 0.4) is 0 Å². The van der Waals surface area contributed by atoms with Gasteiger partial charge in [0.25, 0.3) is 0 Å². The van der Waals surface area contributed by atoms with Crippen molar-refractivity contribution >= 4 is 34.3 Å². The summed E-state index contributed by atoms with van der Waals surface area (Å²) in [5.41, 5.74) is 1.37. The van der Waals surface area contributed by atoms with Crippen molar-refractivity contribution in [2.45, 2.75) is 51.7 Å². The summed E-state index contributed by atoms with van der Waals surface area (Å²) < 4.78 is 13.2. The van der Waals surface area contributed by atoms with Crippen LogP contribution in [0.2, 0.25) is 0 Å². The van der Waals surface area contributed by atoms with Gasteiger partial charge in [-0.2, -0.15) is 0 Å². The van der Waals surface area contributed by atoms with Gasteiger partial charge in [-0.05, 0) is 62.5 Å². The zero-order valence-electron chi connectivity index (χ0n) is 13.1. The fourth-order valence-corrected chi connectivity index (χ4v) is 3.20. The molecule has 2 fully saturated rings. The van der Waals surface area contributed by atoms with Gasteiger partial charge in [0.2, 0.25) is 0 Å². The van der Waals surface area contributed by atoms with E-state index in [1.54, 1.807) is 0 Å². The van der Waals surface area contributed by atoms with E-state index in [9.17, 15) is 0 Å². The highest BCUT2D eigenvalue weighted by atomic mass is 79.9. The molecule has 2 saturated heterocycles. The van der Waals surface area contributed by atoms with Crippen LogP contribution < -0.4 is 10.5 Å². The van der Waals surface area contributed by atoms with Crippen molar-refractivity contribution < 1.29 is 9.31 Å². The molecule has 0 N–H and O–H groups in total. The van der Waals surface area contributed by atoms with E-state index in [2.05, 4.69) is 59.6 Å². The Morgan fingerprint density at radius 1 is 1.14 bits per heavy atom. The summed E-state index contributed by atoms with van der Waals surface area (Å²) in [6.07, 6.45) is 4.36. The number of halogens is 1. The summed E-state index contributed by atoms with van der Waals surface area (Å²) in [6, 6.07) is 2.09. The summed E-state index contributed by atoms with van der Waals surface area (Å²) >= 11 is 3.61. The predicted octanol–water partition coefficient (Wildman–Crippen LogP) is 2.74. The first-order chi connectivity index (χ1) is 9.80. The van der Waals surface area contributed by atoms with Gasteiger partial charge in [-0.15, -0.1) is 0 Å². The monoisotopic (exact) mass is 352 g/mol. The number of anilines is 1. The zero-order valence-corrected chi connectivity index (χ0v) is 14.7. The molecule has 0 bridgehead atoms. The van der Waals surface area contributed by atoms with Crippen molar-refractivity contribution in [3.05, 3.63) is 16.7 Å². The van der Waals surface area contributed by atoms with Gasteiger partial charge >= 0.3 is 7.12 Å². The molecule has 0 aliphatic carbocycles. The SMILES string of the molecule is CC1(C)OB(c2cc(N3CCCC3)c(Br)cn2)OC1(C)C. The van der Waals surface area contributed by atoms with Crippen molar-refractivity contribution in [2.24, 2.45) is 0 Å². The van der Waals surface area contributed by atoms with Crippen LogP contribution in [0, 0.1) is 0 Å². The van der Waals surface area contributed by atoms with Gasteiger partial charge in [0.05, 0.1) is 27.0 Å². The molecule has 0 spiro atoms. The van der Waals surface area contributed by atoms with Crippen molar-refractivity contribution in [1.82, 2.24) is 4.98 Å². The molecule has 4 nitrogen and oxygen atoms in total. The van der Waals surface area contributed by atoms with E-state index in [1.165, 1.54) is 18.5 Å². The number of rotatable bonds is 2. The van der Waals surface area contributed by atoms with Crippen LogP contribution in [-0.2, 0) is 9.31 Å². The van der Waals surface area contributed by atoms with Gasteiger partial charge in [0.1, 0.15) is 0 Å². The van der Waals surface area contributed by atoms with E-state index in [1.807, 2.05) is 6.20 Å². The van der Waals surface area contributed by atoms with Gasteiger partial charge in [0, 0.05) is 19.3 Å².